The van der Waals surface area contributed by atoms with Crippen LogP contribution in [0.3, 0.4) is 0 Å². The third kappa shape index (κ3) is 3.15. The van der Waals surface area contributed by atoms with Gasteiger partial charge in [-0.2, -0.15) is 0 Å². The van der Waals surface area contributed by atoms with Crippen molar-refractivity contribution in [3.05, 3.63) is 29.6 Å². The molecule has 108 valence electrons. The third-order valence-corrected chi connectivity index (χ3v) is 3.80. The number of aliphatic carboxylic acids is 1. The van der Waals surface area contributed by atoms with Gasteiger partial charge in [0.1, 0.15) is 5.82 Å². The Labute approximate surface area is 117 Å². The maximum absolute atomic E-state index is 13.7. The molecule has 2 atom stereocenters. The zero-order valence-corrected chi connectivity index (χ0v) is 11.4. The molecule has 0 aliphatic heterocycles. The fourth-order valence-corrected chi connectivity index (χ4v) is 2.69. The Hall–Kier alpha value is -1.91. The maximum Gasteiger partial charge on any atom is 0.307 e. The Morgan fingerprint density at radius 2 is 1.90 bits per heavy atom. The first kappa shape index (κ1) is 14.5. The molecule has 1 aliphatic carbocycles. The summed E-state index contributed by atoms with van der Waals surface area (Å²) in [7, 11) is 0. The predicted octanol–water partition coefficient (Wildman–Crippen LogP) is 2.96. The van der Waals surface area contributed by atoms with Crippen molar-refractivity contribution in [3.63, 3.8) is 0 Å². The number of nitrogens with one attached hydrogen (secondary N) is 1. The lowest BCUT2D eigenvalue weighted by Gasteiger charge is -2.27. The molecule has 0 aromatic heterocycles. The molecule has 0 spiro atoms. The Bertz CT molecular complexity index is 530. The van der Waals surface area contributed by atoms with E-state index < -0.39 is 29.5 Å². The van der Waals surface area contributed by atoms with Crippen LogP contribution in [0.2, 0.25) is 0 Å². The molecule has 5 heteroatoms. The van der Waals surface area contributed by atoms with Crippen molar-refractivity contribution in [2.45, 2.75) is 32.6 Å². The number of carbonyl (C=O) groups excluding carboxylic acids is 1. The summed E-state index contributed by atoms with van der Waals surface area (Å²) in [5.74, 6) is -3.10. The van der Waals surface area contributed by atoms with Crippen LogP contribution in [0.4, 0.5) is 10.1 Å². The minimum absolute atomic E-state index is 0.107. The van der Waals surface area contributed by atoms with Crippen LogP contribution in [0.5, 0.6) is 0 Å². The molecule has 2 rings (SSSR count). The van der Waals surface area contributed by atoms with E-state index in [4.69, 9.17) is 5.11 Å². The standard InChI is InChI=1S/C15H18FNO3/c1-9-6-7-13(12(16)8-9)17-14(18)10-4-2-3-5-11(10)15(19)20/h6-8,10-11H,2-5H2,1H3,(H,17,18)(H,19,20)/t10-,11+/m0/s1. The summed E-state index contributed by atoms with van der Waals surface area (Å²) in [5, 5.41) is 11.7. The molecular formula is C15H18FNO3. The second-order valence-corrected chi connectivity index (χ2v) is 5.31. The summed E-state index contributed by atoms with van der Waals surface area (Å²) >= 11 is 0. The first-order chi connectivity index (χ1) is 9.49. The van der Waals surface area contributed by atoms with Gasteiger partial charge in [-0.15, -0.1) is 0 Å². The largest absolute Gasteiger partial charge is 0.481 e. The van der Waals surface area contributed by atoms with Crippen LogP contribution in [0.15, 0.2) is 18.2 Å². The zero-order valence-electron chi connectivity index (χ0n) is 11.4. The van der Waals surface area contributed by atoms with Gasteiger partial charge in [0.2, 0.25) is 5.91 Å². The lowest BCUT2D eigenvalue weighted by Crippen LogP contribution is -2.36. The molecule has 1 aromatic rings. The molecule has 0 radical (unpaired) electrons. The smallest absolute Gasteiger partial charge is 0.307 e. The Balaban J connectivity index is 2.12. The van der Waals surface area contributed by atoms with E-state index in [0.717, 1.165) is 18.4 Å². The first-order valence-corrected chi connectivity index (χ1v) is 6.79. The summed E-state index contributed by atoms with van der Waals surface area (Å²) in [6, 6.07) is 4.54. The summed E-state index contributed by atoms with van der Waals surface area (Å²) in [5.41, 5.74) is 0.872. The van der Waals surface area contributed by atoms with E-state index >= 15 is 0 Å². The lowest BCUT2D eigenvalue weighted by molar-refractivity contribution is -0.147. The van der Waals surface area contributed by atoms with E-state index in [2.05, 4.69) is 5.32 Å². The molecule has 4 nitrogen and oxygen atoms in total. The molecule has 2 N–H and O–H groups in total. The minimum Gasteiger partial charge on any atom is -0.481 e. The van der Waals surface area contributed by atoms with E-state index in [-0.39, 0.29) is 5.69 Å². The van der Waals surface area contributed by atoms with Crippen LogP contribution in [0.1, 0.15) is 31.2 Å². The van der Waals surface area contributed by atoms with Crippen molar-refractivity contribution < 1.29 is 19.1 Å². The number of anilines is 1. The molecule has 0 heterocycles. The number of hydrogen-bond acceptors (Lipinski definition) is 2. The second kappa shape index (κ2) is 6.03. The van der Waals surface area contributed by atoms with Crippen LogP contribution < -0.4 is 5.32 Å². The molecule has 0 saturated heterocycles. The molecular weight excluding hydrogens is 261 g/mol. The molecule has 20 heavy (non-hydrogen) atoms. The fourth-order valence-electron chi connectivity index (χ4n) is 2.69. The molecule has 1 amide bonds. The number of carboxylic acids is 1. The summed E-state index contributed by atoms with van der Waals surface area (Å²) in [6.45, 7) is 1.76. The van der Waals surface area contributed by atoms with Gasteiger partial charge >= 0.3 is 5.97 Å². The first-order valence-electron chi connectivity index (χ1n) is 6.79. The summed E-state index contributed by atoms with van der Waals surface area (Å²) in [6.07, 6.45) is 2.69. The van der Waals surface area contributed by atoms with Gasteiger partial charge in [0, 0.05) is 0 Å². The van der Waals surface area contributed by atoms with Crippen LogP contribution in [-0.2, 0) is 9.59 Å². The van der Waals surface area contributed by atoms with Gasteiger partial charge in [-0.25, -0.2) is 4.39 Å². The lowest BCUT2D eigenvalue weighted by atomic mass is 9.78. The quantitative estimate of drug-likeness (QED) is 0.894. The zero-order chi connectivity index (χ0) is 14.7. The van der Waals surface area contributed by atoms with Crippen molar-refractivity contribution in [3.8, 4) is 0 Å². The van der Waals surface area contributed by atoms with Gasteiger partial charge in [-0.05, 0) is 37.5 Å². The van der Waals surface area contributed by atoms with Gasteiger partial charge < -0.3 is 10.4 Å². The highest BCUT2D eigenvalue weighted by Gasteiger charge is 2.35. The monoisotopic (exact) mass is 279 g/mol. The number of rotatable bonds is 3. The van der Waals surface area contributed by atoms with E-state index in [1.54, 1.807) is 13.0 Å². The number of benzene rings is 1. The average Bonchev–Trinajstić information content (AvgIpc) is 2.41. The molecule has 1 aliphatic rings. The number of carboxylic acid groups (broad SMARTS) is 1. The van der Waals surface area contributed by atoms with Crippen LogP contribution >= 0.6 is 0 Å². The van der Waals surface area contributed by atoms with E-state index in [1.165, 1.54) is 12.1 Å². The highest BCUT2D eigenvalue weighted by molar-refractivity contribution is 5.95. The van der Waals surface area contributed by atoms with Crippen LogP contribution in [0, 0.1) is 24.6 Å². The van der Waals surface area contributed by atoms with Gasteiger partial charge in [0.25, 0.3) is 0 Å². The van der Waals surface area contributed by atoms with Crippen molar-refractivity contribution in [1.82, 2.24) is 0 Å². The third-order valence-electron chi connectivity index (χ3n) is 3.80. The Morgan fingerprint density at radius 3 is 2.50 bits per heavy atom. The fraction of sp³-hybridized carbons (Fsp3) is 0.467. The van der Waals surface area contributed by atoms with Crippen molar-refractivity contribution in [1.29, 1.82) is 0 Å². The molecule has 0 unspecified atom stereocenters. The average molecular weight is 279 g/mol. The summed E-state index contributed by atoms with van der Waals surface area (Å²) in [4.78, 5) is 23.4. The molecule has 0 bridgehead atoms. The molecule has 1 aromatic carbocycles. The number of halogens is 1. The van der Waals surface area contributed by atoms with Gasteiger partial charge in [-0.3, -0.25) is 9.59 Å². The van der Waals surface area contributed by atoms with Crippen LogP contribution in [0.25, 0.3) is 0 Å². The van der Waals surface area contributed by atoms with E-state index in [1.807, 2.05) is 0 Å². The molecule has 1 saturated carbocycles. The van der Waals surface area contributed by atoms with Gasteiger partial charge in [0.15, 0.2) is 0 Å². The SMILES string of the molecule is Cc1ccc(NC(=O)[C@H]2CCCC[C@H]2C(=O)O)c(F)c1. The van der Waals surface area contributed by atoms with Crippen LogP contribution in [-0.4, -0.2) is 17.0 Å². The highest BCUT2D eigenvalue weighted by atomic mass is 19.1. The number of hydrogen-bond donors (Lipinski definition) is 2. The number of carbonyl (C=O) groups is 2. The maximum atomic E-state index is 13.7. The number of amides is 1. The topological polar surface area (TPSA) is 66.4 Å². The minimum atomic E-state index is -0.950. The van der Waals surface area contributed by atoms with Crippen molar-refractivity contribution >= 4 is 17.6 Å². The van der Waals surface area contributed by atoms with Crippen molar-refractivity contribution in [2.75, 3.05) is 5.32 Å². The van der Waals surface area contributed by atoms with E-state index in [0.29, 0.717) is 12.8 Å². The van der Waals surface area contributed by atoms with Gasteiger partial charge in [-0.1, -0.05) is 18.9 Å². The highest BCUT2D eigenvalue weighted by Crippen LogP contribution is 2.31. The molecule has 1 fully saturated rings. The van der Waals surface area contributed by atoms with Crippen molar-refractivity contribution in [2.24, 2.45) is 11.8 Å². The van der Waals surface area contributed by atoms with Gasteiger partial charge in [0.05, 0.1) is 17.5 Å². The second-order valence-electron chi connectivity index (χ2n) is 5.31. The Kier molecular flexibility index (Phi) is 4.37. The summed E-state index contributed by atoms with van der Waals surface area (Å²) < 4.78 is 13.7. The number of aryl methyl sites for hydroxylation is 1. The normalized spacial score (nSPS) is 22.3. The Morgan fingerprint density at radius 1 is 1.25 bits per heavy atom. The van der Waals surface area contributed by atoms with E-state index in [9.17, 15) is 14.0 Å². The predicted molar refractivity (Wildman–Crippen MR) is 72.9 cm³/mol.